The van der Waals surface area contributed by atoms with E-state index in [4.69, 9.17) is 12.2 Å². The molecule has 2 heterocycles. The maximum Gasteiger partial charge on any atom is 0.113 e. The SMILES string of the molecule is Cc1cc(-c2cnc[nH]c2=S)ccn1. The standard InChI is InChI=1S/C10H9N3S/c1-7-4-8(2-3-12-7)9-5-11-6-13-10(9)14/h2-6H,1H3,(H,11,13,14). The monoisotopic (exact) mass is 203 g/mol. The topological polar surface area (TPSA) is 41.6 Å². The number of hydrogen-bond donors (Lipinski definition) is 1. The molecule has 0 saturated heterocycles. The van der Waals surface area contributed by atoms with Crippen molar-refractivity contribution in [1.29, 1.82) is 0 Å². The number of aromatic amines is 1. The highest BCUT2D eigenvalue weighted by molar-refractivity contribution is 7.71. The van der Waals surface area contributed by atoms with Crippen LogP contribution < -0.4 is 0 Å². The Morgan fingerprint density at radius 2 is 2.29 bits per heavy atom. The zero-order valence-electron chi connectivity index (χ0n) is 7.69. The molecular formula is C10H9N3S. The highest BCUT2D eigenvalue weighted by atomic mass is 32.1. The number of nitrogens with zero attached hydrogens (tertiary/aromatic N) is 2. The van der Waals surface area contributed by atoms with Gasteiger partial charge in [0, 0.05) is 23.7 Å². The molecular weight excluding hydrogens is 194 g/mol. The van der Waals surface area contributed by atoms with Crippen molar-refractivity contribution in [2.45, 2.75) is 6.92 Å². The molecule has 0 aliphatic heterocycles. The summed E-state index contributed by atoms with van der Waals surface area (Å²) in [6.45, 7) is 1.95. The van der Waals surface area contributed by atoms with Gasteiger partial charge in [-0.1, -0.05) is 12.2 Å². The number of aromatic nitrogens is 3. The molecule has 0 saturated carbocycles. The molecule has 0 bridgehead atoms. The maximum absolute atomic E-state index is 5.16. The van der Waals surface area contributed by atoms with Gasteiger partial charge < -0.3 is 4.98 Å². The fraction of sp³-hybridized carbons (Fsp3) is 0.100. The van der Waals surface area contributed by atoms with Gasteiger partial charge in [-0.3, -0.25) is 4.98 Å². The van der Waals surface area contributed by atoms with Crippen molar-refractivity contribution in [1.82, 2.24) is 15.0 Å². The first-order valence-corrected chi connectivity index (χ1v) is 4.64. The van der Waals surface area contributed by atoms with Crippen LogP contribution in [0.25, 0.3) is 11.1 Å². The maximum atomic E-state index is 5.16. The van der Waals surface area contributed by atoms with Gasteiger partial charge >= 0.3 is 0 Å². The molecule has 0 aliphatic rings. The zero-order chi connectivity index (χ0) is 9.97. The third kappa shape index (κ3) is 1.70. The van der Waals surface area contributed by atoms with E-state index in [0.29, 0.717) is 4.64 Å². The van der Waals surface area contributed by atoms with Crippen LogP contribution in [0.4, 0.5) is 0 Å². The Kier molecular flexibility index (Phi) is 2.37. The van der Waals surface area contributed by atoms with Crippen LogP contribution in [0.5, 0.6) is 0 Å². The fourth-order valence-electron chi connectivity index (χ4n) is 1.26. The first-order chi connectivity index (χ1) is 6.77. The minimum Gasteiger partial charge on any atom is -0.337 e. The van der Waals surface area contributed by atoms with Crippen LogP contribution in [-0.2, 0) is 0 Å². The molecule has 1 N–H and O–H groups in total. The van der Waals surface area contributed by atoms with Crippen LogP contribution in [0, 0.1) is 11.6 Å². The highest BCUT2D eigenvalue weighted by Crippen LogP contribution is 2.18. The second kappa shape index (κ2) is 3.67. The van der Waals surface area contributed by atoms with E-state index in [0.717, 1.165) is 16.8 Å². The predicted octanol–water partition coefficient (Wildman–Crippen LogP) is 2.51. The quantitative estimate of drug-likeness (QED) is 0.724. The summed E-state index contributed by atoms with van der Waals surface area (Å²) < 4.78 is 0.700. The van der Waals surface area contributed by atoms with Gasteiger partial charge in [0.1, 0.15) is 4.64 Å². The number of hydrogen-bond acceptors (Lipinski definition) is 3. The van der Waals surface area contributed by atoms with Crippen LogP contribution in [0.15, 0.2) is 30.9 Å². The lowest BCUT2D eigenvalue weighted by Crippen LogP contribution is -1.86. The third-order valence-corrected chi connectivity index (χ3v) is 2.26. The van der Waals surface area contributed by atoms with E-state index in [9.17, 15) is 0 Å². The van der Waals surface area contributed by atoms with Crippen LogP contribution >= 0.6 is 12.2 Å². The molecule has 0 atom stereocenters. The molecule has 2 rings (SSSR count). The molecule has 0 aromatic carbocycles. The van der Waals surface area contributed by atoms with Crippen LogP contribution in [-0.4, -0.2) is 15.0 Å². The van der Waals surface area contributed by atoms with E-state index in [-0.39, 0.29) is 0 Å². The number of H-pyrrole nitrogens is 1. The van der Waals surface area contributed by atoms with E-state index < -0.39 is 0 Å². The van der Waals surface area contributed by atoms with E-state index in [2.05, 4.69) is 15.0 Å². The first-order valence-electron chi connectivity index (χ1n) is 4.23. The normalized spacial score (nSPS) is 10.1. The van der Waals surface area contributed by atoms with Crippen molar-refractivity contribution >= 4 is 12.2 Å². The van der Waals surface area contributed by atoms with Crippen LogP contribution in [0.3, 0.4) is 0 Å². The molecule has 0 fully saturated rings. The zero-order valence-corrected chi connectivity index (χ0v) is 8.51. The largest absolute Gasteiger partial charge is 0.337 e. The van der Waals surface area contributed by atoms with Gasteiger partial charge in [-0.2, -0.15) is 0 Å². The van der Waals surface area contributed by atoms with Gasteiger partial charge in [-0.25, -0.2) is 4.98 Å². The minimum atomic E-state index is 0.700. The van der Waals surface area contributed by atoms with Crippen molar-refractivity contribution in [3.63, 3.8) is 0 Å². The predicted molar refractivity (Wildman–Crippen MR) is 57.4 cm³/mol. The van der Waals surface area contributed by atoms with Crippen LogP contribution in [0.2, 0.25) is 0 Å². The Hall–Kier alpha value is -1.55. The number of aryl methyl sites for hydroxylation is 1. The summed E-state index contributed by atoms with van der Waals surface area (Å²) >= 11 is 5.16. The molecule has 4 heteroatoms. The summed E-state index contributed by atoms with van der Waals surface area (Å²) in [5.41, 5.74) is 2.96. The van der Waals surface area contributed by atoms with Crippen molar-refractivity contribution < 1.29 is 0 Å². The third-order valence-electron chi connectivity index (χ3n) is 1.93. The number of rotatable bonds is 1. The van der Waals surface area contributed by atoms with Gasteiger partial charge in [0.2, 0.25) is 0 Å². The summed E-state index contributed by atoms with van der Waals surface area (Å²) in [7, 11) is 0. The molecule has 70 valence electrons. The van der Waals surface area contributed by atoms with E-state index >= 15 is 0 Å². The Balaban J connectivity index is 2.61. The lowest BCUT2D eigenvalue weighted by atomic mass is 10.1. The molecule has 14 heavy (non-hydrogen) atoms. The van der Waals surface area contributed by atoms with Crippen molar-refractivity contribution in [2.75, 3.05) is 0 Å². The number of nitrogens with one attached hydrogen (secondary N) is 1. The molecule has 0 radical (unpaired) electrons. The van der Waals surface area contributed by atoms with Crippen molar-refractivity contribution in [3.05, 3.63) is 41.2 Å². The summed E-state index contributed by atoms with van der Waals surface area (Å²) in [5, 5.41) is 0. The van der Waals surface area contributed by atoms with Crippen molar-refractivity contribution in [3.8, 4) is 11.1 Å². The van der Waals surface area contributed by atoms with Crippen molar-refractivity contribution in [2.24, 2.45) is 0 Å². The Morgan fingerprint density at radius 3 is 3.00 bits per heavy atom. The van der Waals surface area contributed by atoms with E-state index in [1.54, 1.807) is 18.7 Å². The van der Waals surface area contributed by atoms with E-state index in [1.165, 1.54) is 0 Å². The second-order valence-corrected chi connectivity index (χ2v) is 3.39. The average Bonchev–Trinajstić information content (AvgIpc) is 2.18. The number of pyridine rings is 1. The Morgan fingerprint density at radius 1 is 1.43 bits per heavy atom. The highest BCUT2D eigenvalue weighted by Gasteiger charge is 1.99. The van der Waals surface area contributed by atoms with Gasteiger partial charge in [-0.15, -0.1) is 0 Å². The minimum absolute atomic E-state index is 0.700. The van der Waals surface area contributed by atoms with Gasteiger partial charge in [0.05, 0.1) is 6.33 Å². The fourth-order valence-corrected chi connectivity index (χ4v) is 1.49. The summed E-state index contributed by atoms with van der Waals surface area (Å²) in [6.07, 6.45) is 5.11. The molecule has 0 unspecified atom stereocenters. The molecule has 0 aliphatic carbocycles. The smallest absolute Gasteiger partial charge is 0.113 e. The lowest BCUT2D eigenvalue weighted by molar-refractivity contribution is 1.15. The van der Waals surface area contributed by atoms with Gasteiger partial charge in [0.15, 0.2) is 0 Å². The average molecular weight is 203 g/mol. The van der Waals surface area contributed by atoms with Gasteiger partial charge in [-0.05, 0) is 24.6 Å². The summed E-state index contributed by atoms with van der Waals surface area (Å²) in [4.78, 5) is 11.0. The van der Waals surface area contributed by atoms with Gasteiger partial charge in [0.25, 0.3) is 0 Å². The van der Waals surface area contributed by atoms with Crippen LogP contribution in [0.1, 0.15) is 5.69 Å². The lowest BCUT2D eigenvalue weighted by Gasteiger charge is -2.00. The molecule has 0 spiro atoms. The second-order valence-electron chi connectivity index (χ2n) is 2.98. The summed E-state index contributed by atoms with van der Waals surface area (Å²) in [5.74, 6) is 0. The molecule has 2 aromatic rings. The first kappa shape index (κ1) is 9.02. The van der Waals surface area contributed by atoms with E-state index in [1.807, 2.05) is 19.1 Å². The molecule has 3 nitrogen and oxygen atoms in total. The molecule has 0 amide bonds. The summed E-state index contributed by atoms with van der Waals surface area (Å²) in [6, 6.07) is 3.91. The molecule has 2 aromatic heterocycles. The Bertz CT molecular complexity index is 504. The Labute approximate surface area is 86.9 Å².